The van der Waals surface area contributed by atoms with Crippen molar-refractivity contribution in [1.29, 1.82) is 0 Å². The second-order valence-electron chi connectivity index (χ2n) is 8.30. The molecule has 0 radical (unpaired) electrons. The van der Waals surface area contributed by atoms with E-state index >= 15 is 0 Å². The van der Waals surface area contributed by atoms with Crippen LogP contribution in [0.1, 0.15) is 18.4 Å². The third-order valence-electron chi connectivity index (χ3n) is 6.53. The summed E-state index contributed by atoms with van der Waals surface area (Å²) in [4.78, 5) is 17.8. The molecule has 1 fully saturated rings. The Labute approximate surface area is 200 Å². The van der Waals surface area contributed by atoms with Gasteiger partial charge >= 0.3 is 5.97 Å². The van der Waals surface area contributed by atoms with E-state index in [2.05, 4.69) is 5.16 Å². The first-order chi connectivity index (χ1) is 15.8. The topological polar surface area (TPSA) is 96.3 Å². The van der Waals surface area contributed by atoms with Gasteiger partial charge in [-0.3, -0.25) is 0 Å². The van der Waals surface area contributed by atoms with E-state index < -0.39 is 27.5 Å². The van der Waals surface area contributed by atoms with Gasteiger partial charge in [-0.2, -0.15) is 4.31 Å². The molecule has 1 spiro atoms. The Morgan fingerprint density at radius 3 is 2.58 bits per heavy atom. The fourth-order valence-electron chi connectivity index (χ4n) is 4.79. The van der Waals surface area contributed by atoms with Crippen molar-refractivity contribution in [2.45, 2.75) is 29.1 Å². The number of piperidine rings is 1. The Hall–Kier alpha value is -2.46. The summed E-state index contributed by atoms with van der Waals surface area (Å²) in [6.45, 7) is 0.429. The van der Waals surface area contributed by atoms with Crippen molar-refractivity contribution >= 4 is 55.4 Å². The predicted molar refractivity (Wildman–Crippen MR) is 127 cm³/mol. The number of benzene rings is 2. The molecule has 0 saturated carbocycles. The summed E-state index contributed by atoms with van der Waals surface area (Å²) < 4.78 is 28.0. The molecule has 7 nitrogen and oxygen atoms in total. The average molecular weight is 505 g/mol. The minimum atomic E-state index is -3.66. The van der Waals surface area contributed by atoms with Crippen molar-refractivity contribution in [3.05, 3.63) is 64.5 Å². The van der Waals surface area contributed by atoms with Crippen molar-refractivity contribution < 1.29 is 23.2 Å². The molecular formula is C23H21ClN2O5S2. The van der Waals surface area contributed by atoms with Crippen LogP contribution in [-0.4, -0.2) is 48.2 Å². The Morgan fingerprint density at radius 2 is 1.88 bits per heavy atom. The summed E-state index contributed by atoms with van der Waals surface area (Å²) in [7, 11) is -3.66. The minimum absolute atomic E-state index is 0.00993. The van der Waals surface area contributed by atoms with Crippen molar-refractivity contribution in [2.75, 3.05) is 13.1 Å². The van der Waals surface area contributed by atoms with Crippen molar-refractivity contribution in [1.82, 2.24) is 4.31 Å². The normalized spacial score (nSPS) is 20.6. The molecule has 33 heavy (non-hydrogen) atoms. The lowest BCUT2D eigenvalue weighted by molar-refractivity contribution is -0.129. The first-order valence-corrected chi connectivity index (χ1v) is 13.2. The van der Waals surface area contributed by atoms with E-state index in [0.29, 0.717) is 23.6 Å². The number of carbonyl (C=O) groups is 1. The predicted octanol–water partition coefficient (Wildman–Crippen LogP) is 4.41. The molecule has 1 unspecified atom stereocenters. The minimum Gasteiger partial charge on any atom is -0.477 e. The van der Waals surface area contributed by atoms with Gasteiger partial charge < -0.3 is 9.94 Å². The third kappa shape index (κ3) is 3.93. The quantitative estimate of drug-likeness (QED) is 0.555. The summed E-state index contributed by atoms with van der Waals surface area (Å²) in [6.07, 6.45) is 1.14. The van der Waals surface area contributed by atoms with Crippen LogP contribution in [0.3, 0.4) is 0 Å². The van der Waals surface area contributed by atoms with Gasteiger partial charge in [0.05, 0.1) is 10.3 Å². The lowest BCUT2D eigenvalue weighted by atomic mass is 9.74. The Balaban J connectivity index is 1.42. The second-order valence-corrected chi connectivity index (χ2v) is 12.2. The van der Waals surface area contributed by atoms with Gasteiger partial charge in [0.15, 0.2) is 5.71 Å². The number of hydrogen-bond donors (Lipinski definition) is 1. The monoisotopic (exact) mass is 504 g/mol. The molecule has 2 aromatic carbocycles. The molecule has 3 heterocycles. The molecule has 0 bridgehead atoms. The van der Waals surface area contributed by atoms with Gasteiger partial charge in [0.2, 0.25) is 0 Å². The van der Waals surface area contributed by atoms with Crippen molar-refractivity contribution in [3.63, 3.8) is 0 Å². The molecule has 1 saturated heterocycles. The lowest BCUT2D eigenvalue weighted by Crippen LogP contribution is -2.51. The summed E-state index contributed by atoms with van der Waals surface area (Å²) in [5.41, 5.74) is 0.147. The van der Waals surface area contributed by atoms with Gasteiger partial charge in [0.1, 0.15) is 9.81 Å². The van der Waals surface area contributed by atoms with Gasteiger partial charge in [0.25, 0.3) is 10.0 Å². The molecule has 0 aliphatic carbocycles. The molecule has 3 aromatic rings. The fraction of sp³-hybridized carbons (Fsp3) is 0.304. The van der Waals surface area contributed by atoms with Crippen LogP contribution in [0.2, 0.25) is 4.34 Å². The van der Waals surface area contributed by atoms with Crippen LogP contribution in [0.25, 0.3) is 10.8 Å². The highest BCUT2D eigenvalue weighted by Crippen LogP contribution is 2.43. The summed E-state index contributed by atoms with van der Waals surface area (Å²) in [5.74, 6) is -1.60. The molecule has 1 N–H and O–H groups in total. The van der Waals surface area contributed by atoms with Gasteiger partial charge in [0, 0.05) is 25.9 Å². The molecule has 172 valence electrons. The van der Waals surface area contributed by atoms with Crippen LogP contribution in [0.5, 0.6) is 0 Å². The molecule has 1 atom stereocenters. The number of oxime groups is 1. The number of aliphatic carboxylic acids is 1. The molecule has 2 aliphatic rings. The fourth-order valence-corrected chi connectivity index (χ4v) is 7.86. The molecule has 0 amide bonds. The highest BCUT2D eigenvalue weighted by atomic mass is 35.5. The zero-order valence-corrected chi connectivity index (χ0v) is 19.9. The maximum atomic E-state index is 13.0. The lowest BCUT2D eigenvalue weighted by Gasteiger charge is -2.40. The number of halogens is 1. The standard InChI is InChI=1S/C23H21ClN2O5S2/c24-19-8-9-20(32-19)33(29,30)26-12-10-23(11-13-26)18(21(22(27)28)25-31-23)14-16-6-3-5-15-4-1-2-7-17(15)16/h1-9,18H,10-14H2,(H,27,28). The van der Waals surface area contributed by atoms with Gasteiger partial charge in [-0.25, -0.2) is 13.2 Å². The summed E-state index contributed by atoms with van der Waals surface area (Å²) in [5, 5.41) is 15.9. The average Bonchev–Trinajstić information content (AvgIpc) is 3.39. The van der Waals surface area contributed by atoms with Crippen LogP contribution >= 0.6 is 22.9 Å². The number of carboxylic acid groups (broad SMARTS) is 1. The summed E-state index contributed by atoms with van der Waals surface area (Å²) in [6, 6.07) is 17.0. The van der Waals surface area contributed by atoms with E-state index in [4.69, 9.17) is 16.4 Å². The highest BCUT2D eigenvalue weighted by Gasteiger charge is 2.53. The second kappa shape index (κ2) is 8.39. The van der Waals surface area contributed by atoms with E-state index in [1.165, 1.54) is 10.4 Å². The molecule has 1 aromatic heterocycles. The molecular weight excluding hydrogens is 484 g/mol. The number of sulfonamides is 1. The maximum Gasteiger partial charge on any atom is 0.354 e. The van der Waals surface area contributed by atoms with Crippen LogP contribution in [0.4, 0.5) is 0 Å². The van der Waals surface area contributed by atoms with Gasteiger partial charge in [-0.15, -0.1) is 11.3 Å². The zero-order valence-electron chi connectivity index (χ0n) is 17.5. The highest BCUT2D eigenvalue weighted by molar-refractivity contribution is 7.91. The maximum absolute atomic E-state index is 13.0. The first kappa shape index (κ1) is 22.3. The molecule has 10 heteroatoms. The Kier molecular flexibility index (Phi) is 5.68. The Morgan fingerprint density at radius 1 is 1.15 bits per heavy atom. The van der Waals surface area contributed by atoms with Crippen LogP contribution in [0.15, 0.2) is 64.0 Å². The summed E-state index contributed by atoms with van der Waals surface area (Å²) >= 11 is 6.96. The van der Waals surface area contributed by atoms with Crippen molar-refractivity contribution in [3.8, 4) is 0 Å². The van der Waals surface area contributed by atoms with Crippen LogP contribution in [0, 0.1) is 5.92 Å². The number of rotatable bonds is 5. The number of hydrogen-bond acceptors (Lipinski definition) is 6. The number of carboxylic acids is 1. The van der Waals surface area contributed by atoms with Gasteiger partial charge in [-0.05, 0) is 34.9 Å². The van der Waals surface area contributed by atoms with E-state index in [9.17, 15) is 18.3 Å². The Bertz CT molecular complexity index is 1350. The molecule has 5 rings (SSSR count). The van der Waals surface area contributed by atoms with Crippen LogP contribution in [-0.2, 0) is 26.1 Å². The van der Waals surface area contributed by atoms with E-state index in [1.54, 1.807) is 6.07 Å². The third-order valence-corrected chi connectivity index (χ3v) is 10.1. The SMILES string of the molecule is O=C(O)C1=NOC2(CCN(S(=O)(=O)c3ccc(Cl)s3)CC2)C1Cc1cccc2ccccc12. The van der Waals surface area contributed by atoms with E-state index in [0.717, 1.165) is 27.7 Å². The first-order valence-electron chi connectivity index (χ1n) is 10.5. The number of nitrogens with zero attached hydrogens (tertiary/aromatic N) is 2. The van der Waals surface area contributed by atoms with Crippen LogP contribution < -0.4 is 0 Å². The largest absolute Gasteiger partial charge is 0.477 e. The van der Waals surface area contributed by atoms with E-state index in [-0.39, 0.29) is 23.0 Å². The molecule has 2 aliphatic heterocycles. The van der Waals surface area contributed by atoms with Gasteiger partial charge in [-0.1, -0.05) is 59.2 Å². The number of fused-ring (bicyclic) bond motifs is 1. The van der Waals surface area contributed by atoms with Crippen molar-refractivity contribution in [2.24, 2.45) is 11.1 Å². The van der Waals surface area contributed by atoms with E-state index in [1.807, 2.05) is 42.5 Å². The number of thiophene rings is 1. The smallest absolute Gasteiger partial charge is 0.354 e. The zero-order chi connectivity index (χ0) is 23.2.